The van der Waals surface area contributed by atoms with E-state index in [1.165, 1.54) is 5.56 Å². The maximum absolute atomic E-state index is 5.97. The lowest BCUT2D eigenvalue weighted by Gasteiger charge is -2.38. The molecule has 0 fully saturated rings. The predicted octanol–water partition coefficient (Wildman–Crippen LogP) is 2.85. The minimum atomic E-state index is -0.204. The van der Waals surface area contributed by atoms with Crippen molar-refractivity contribution < 1.29 is 4.74 Å². The van der Waals surface area contributed by atoms with Crippen molar-refractivity contribution in [2.75, 3.05) is 6.61 Å². The molecule has 1 unspecified atom stereocenters. The molecule has 3 nitrogen and oxygen atoms in total. The van der Waals surface area contributed by atoms with Crippen LogP contribution >= 0.6 is 11.3 Å². The van der Waals surface area contributed by atoms with E-state index < -0.39 is 0 Å². The smallest absolute Gasteiger partial charge is 0.0884 e. The second-order valence-electron chi connectivity index (χ2n) is 3.86. The van der Waals surface area contributed by atoms with Gasteiger partial charge in [0.25, 0.3) is 0 Å². The lowest BCUT2D eigenvalue weighted by molar-refractivity contribution is -0.0733. The molecule has 1 rings (SSSR count). The third-order valence-electron chi connectivity index (χ3n) is 3.20. The molecule has 1 atom stereocenters. The Morgan fingerprint density at radius 2 is 2.12 bits per heavy atom. The third-order valence-corrected chi connectivity index (χ3v) is 3.90. The summed E-state index contributed by atoms with van der Waals surface area (Å²) in [7, 11) is 0. The monoisotopic (exact) mass is 242 g/mol. The second kappa shape index (κ2) is 6.35. The van der Waals surface area contributed by atoms with Gasteiger partial charge in [0, 0.05) is 6.61 Å². The molecule has 0 saturated carbocycles. The Balaban J connectivity index is 2.98. The molecular formula is C12H22N2OS. The highest BCUT2D eigenvalue weighted by atomic mass is 32.1. The molecule has 1 aromatic rings. The average molecular weight is 242 g/mol. The predicted molar refractivity (Wildman–Crippen MR) is 69.3 cm³/mol. The van der Waals surface area contributed by atoms with Crippen LogP contribution in [0.3, 0.4) is 0 Å². The summed E-state index contributed by atoms with van der Waals surface area (Å²) in [5.41, 5.74) is 3.92. The van der Waals surface area contributed by atoms with Gasteiger partial charge in [-0.25, -0.2) is 0 Å². The average Bonchev–Trinajstić information content (AvgIpc) is 2.82. The van der Waals surface area contributed by atoms with Crippen molar-refractivity contribution in [3.05, 3.63) is 22.4 Å². The molecule has 0 aliphatic heterocycles. The molecule has 0 aliphatic rings. The Bertz CT molecular complexity index is 283. The lowest BCUT2D eigenvalue weighted by atomic mass is 9.85. The van der Waals surface area contributed by atoms with E-state index >= 15 is 0 Å². The van der Waals surface area contributed by atoms with E-state index in [1.807, 2.05) is 6.92 Å². The zero-order valence-electron chi connectivity index (χ0n) is 10.3. The SMILES string of the molecule is CCOC(CC)(CC)C(NN)c1ccsc1. The minimum Gasteiger partial charge on any atom is -0.373 e. The van der Waals surface area contributed by atoms with Crippen LogP contribution in [-0.2, 0) is 4.74 Å². The fourth-order valence-corrected chi connectivity index (χ4v) is 2.91. The first kappa shape index (κ1) is 13.6. The van der Waals surface area contributed by atoms with Gasteiger partial charge in [0.05, 0.1) is 11.6 Å². The molecule has 0 saturated heterocycles. The van der Waals surface area contributed by atoms with Gasteiger partial charge in [0.1, 0.15) is 0 Å². The summed E-state index contributed by atoms with van der Waals surface area (Å²) in [5.74, 6) is 5.71. The fraction of sp³-hybridized carbons (Fsp3) is 0.667. The van der Waals surface area contributed by atoms with Crippen LogP contribution in [0.2, 0.25) is 0 Å². The van der Waals surface area contributed by atoms with Gasteiger partial charge in [-0.05, 0) is 42.2 Å². The summed E-state index contributed by atoms with van der Waals surface area (Å²) in [4.78, 5) is 0. The minimum absolute atomic E-state index is 0.0636. The normalized spacial score (nSPS) is 14.0. The standard InChI is InChI=1S/C12H22N2OS/c1-4-12(5-2,15-6-3)11(14-13)10-7-8-16-9-10/h7-9,11,14H,4-6,13H2,1-3H3. The van der Waals surface area contributed by atoms with Crippen LogP contribution in [0.5, 0.6) is 0 Å². The van der Waals surface area contributed by atoms with Crippen LogP contribution < -0.4 is 11.3 Å². The molecule has 3 N–H and O–H groups in total. The van der Waals surface area contributed by atoms with Crippen LogP contribution in [0.15, 0.2) is 16.8 Å². The number of hydrogen-bond acceptors (Lipinski definition) is 4. The molecule has 0 spiro atoms. The Hall–Kier alpha value is -0.420. The highest BCUT2D eigenvalue weighted by molar-refractivity contribution is 7.07. The van der Waals surface area contributed by atoms with Gasteiger partial charge < -0.3 is 4.74 Å². The molecule has 1 aromatic heterocycles. The summed E-state index contributed by atoms with van der Waals surface area (Å²) in [5, 5.41) is 4.20. The summed E-state index contributed by atoms with van der Waals surface area (Å²) in [6.45, 7) is 7.04. The first-order chi connectivity index (χ1) is 7.74. The molecule has 0 bridgehead atoms. The number of rotatable bonds is 7. The summed E-state index contributed by atoms with van der Waals surface area (Å²) < 4.78 is 5.97. The van der Waals surface area contributed by atoms with Crippen molar-refractivity contribution in [3.63, 3.8) is 0 Å². The van der Waals surface area contributed by atoms with Crippen molar-refractivity contribution in [3.8, 4) is 0 Å². The van der Waals surface area contributed by atoms with E-state index in [0.29, 0.717) is 6.61 Å². The molecule has 1 heterocycles. The molecule has 0 amide bonds. The molecular weight excluding hydrogens is 220 g/mol. The number of thiophene rings is 1. The van der Waals surface area contributed by atoms with E-state index in [4.69, 9.17) is 10.6 Å². The summed E-state index contributed by atoms with van der Waals surface area (Å²) >= 11 is 1.69. The molecule has 4 heteroatoms. The van der Waals surface area contributed by atoms with Crippen molar-refractivity contribution in [1.29, 1.82) is 0 Å². The van der Waals surface area contributed by atoms with Gasteiger partial charge in [0.2, 0.25) is 0 Å². The number of hydrogen-bond donors (Lipinski definition) is 2. The molecule has 16 heavy (non-hydrogen) atoms. The first-order valence-electron chi connectivity index (χ1n) is 5.86. The van der Waals surface area contributed by atoms with Gasteiger partial charge >= 0.3 is 0 Å². The van der Waals surface area contributed by atoms with E-state index in [1.54, 1.807) is 11.3 Å². The molecule has 92 valence electrons. The van der Waals surface area contributed by atoms with Gasteiger partial charge in [-0.1, -0.05) is 13.8 Å². The largest absolute Gasteiger partial charge is 0.373 e. The molecule has 0 aromatic carbocycles. The first-order valence-corrected chi connectivity index (χ1v) is 6.80. The van der Waals surface area contributed by atoms with Crippen LogP contribution in [0, 0.1) is 0 Å². The zero-order valence-corrected chi connectivity index (χ0v) is 11.1. The van der Waals surface area contributed by atoms with Crippen molar-refractivity contribution in [2.24, 2.45) is 5.84 Å². The van der Waals surface area contributed by atoms with Crippen molar-refractivity contribution >= 4 is 11.3 Å². The summed E-state index contributed by atoms with van der Waals surface area (Å²) in [6, 6.07) is 2.17. The molecule has 0 aliphatic carbocycles. The third kappa shape index (κ3) is 2.63. The van der Waals surface area contributed by atoms with E-state index in [0.717, 1.165) is 12.8 Å². The quantitative estimate of drug-likeness (QED) is 0.571. The zero-order chi connectivity index (χ0) is 12.0. The maximum atomic E-state index is 5.97. The van der Waals surface area contributed by atoms with Gasteiger partial charge in [-0.2, -0.15) is 11.3 Å². The van der Waals surface area contributed by atoms with Crippen LogP contribution in [0.1, 0.15) is 45.2 Å². The van der Waals surface area contributed by atoms with E-state index in [2.05, 4.69) is 36.1 Å². The van der Waals surface area contributed by atoms with Crippen LogP contribution in [0.4, 0.5) is 0 Å². The number of nitrogens with one attached hydrogen (secondary N) is 1. The molecule has 0 radical (unpaired) electrons. The number of nitrogens with two attached hydrogens (primary N) is 1. The van der Waals surface area contributed by atoms with Gasteiger partial charge in [0.15, 0.2) is 0 Å². The van der Waals surface area contributed by atoms with Crippen molar-refractivity contribution in [1.82, 2.24) is 5.43 Å². The highest BCUT2D eigenvalue weighted by Gasteiger charge is 2.37. The van der Waals surface area contributed by atoms with E-state index in [9.17, 15) is 0 Å². The van der Waals surface area contributed by atoms with Gasteiger partial charge in [-0.3, -0.25) is 11.3 Å². The Morgan fingerprint density at radius 1 is 1.44 bits per heavy atom. The fourth-order valence-electron chi connectivity index (χ4n) is 2.22. The lowest BCUT2D eigenvalue weighted by Crippen LogP contribution is -2.47. The Morgan fingerprint density at radius 3 is 2.50 bits per heavy atom. The highest BCUT2D eigenvalue weighted by Crippen LogP contribution is 2.35. The maximum Gasteiger partial charge on any atom is 0.0884 e. The number of ether oxygens (including phenoxy) is 1. The van der Waals surface area contributed by atoms with Crippen LogP contribution in [0.25, 0.3) is 0 Å². The van der Waals surface area contributed by atoms with Crippen LogP contribution in [-0.4, -0.2) is 12.2 Å². The van der Waals surface area contributed by atoms with Gasteiger partial charge in [-0.15, -0.1) is 0 Å². The topological polar surface area (TPSA) is 47.3 Å². The number of hydrazine groups is 1. The van der Waals surface area contributed by atoms with Crippen molar-refractivity contribution in [2.45, 2.75) is 45.3 Å². The summed E-state index contributed by atoms with van der Waals surface area (Å²) in [6.07, 6.45) is 1.89. The Kier molecular flexibility index (Phi) is 5.41. The van der Waals surface area contributed by atoms with E-state index in [-0.39, 0.29) is 11.6 Å². The Labute approximate surface area is 102 Å². The second-order valence-corrected chi connectivity index (χ2v) is 4.64.